The molecule has 20 heavy (non-hydrogen) atoms. The fourth-order valence-corrected chi connectivity index (χ4v) is 1.59. The van der Waals surface area contributed by atoms with E-state index in [0.717, 1.165) is 20.0 Å². The molecule has 0 aromatic rings. The van der Waals surface area contributed by atoms with E-state index in [1.807, 2.05) is 0 Å². The second-order valence-corrected chi connectivity index (χ2v) is 3.96. The zero-order chi connectivity index (χ0) is 12.8. The molecule has 0 N–H and O–H groups in total. The molecule has 121 valence electrons. The van der Waals surface area contributed by atoms with E-state index in [1.165, 1.54) is 0 Å². The van der Waals surface area contributed by atoms with E-state index in [2.05, 4.69) is 58.5 Å². The average Bonchev–Trinajstić information content (AvgIpc) is 2.76. The van der Waals surface area contributed by atoms with Crippen molar-refractivity contribution in [1.29, 1.82) is 0 Å². The molecule has 2 aliphatic heterocycles. The Hall–Kier alpha value is 0.0334. The molecule has 2 heterocycles. The van der Waals surface area contributed by atoms with Gasteiger partial charge in [0.05, 0.1) is 20.0 Å². The third kappa shape index (κ3) is 10.8. The van der Waals surface area contributed by atoms with Gasteiger partial charge in [0, 0.05) is 58.4 Å². The summed E-state index contributed by atoms with van der Waals surface area (Å²) < 4.78 is 0. The first-order valence-corrected chi connectivity index (χ1v) is 5.10. The van der Waals surface area contributed by atoms with Gasteiger partial charge in [-0.25, -0.2) is 0 Å². The fourth-order valence-electron chi connectivity index (χ4n) is 1.59. The normalized spacial score (nSPS) is 14.9. The van der Waals surface area contributed by atoms with Gasteiger partial charge in [0.15, 0.2) is 0 Å². The number of hydrogen-bond donors (Lipinski definition) is 0. The van der Waals surface area contributed by atoms with Gasteiger partial charge in [0.2, 0.25) is 0 Å². The molecule has 0 aromatic carbocycles. The third-order valence-electron chi connectivity index (χ3n) is 2.24. The Morgan fingerprint density at radius 3 is 1.45 bits per heavy atom. The summed E-state index contributed by atoms with van der Waals surface area (Å²) >= 11 is 0. The van der Waals surface area contributed by atoms with Crippen molar-refractivity contribution in [1.82, 2.24) is 19.6 Å². The molecule has 0 saturated heterocycles. The van der Waals surface area contributed by atoms with Crippen LogP contribution < -0.4 is 58.2 Å². The van der Waals surface area contributed by atoms with Gasteiger partial charge in [-0.05, 0) is 6.16 Å². The Morgan fingerprint density at radius 1 is 0.950 bits per heavy atom. The van der Waals surface area contributed by atoms with Crippen molar-refractivity contribution in [2.75, 3.05) is 34.1 Å². The Kier molecular flexibility index (Phi) is 15.9. The number of carbonyl (C=O) groups excluding carboxylic acids is 1. The zero-order valence-corrected chi connectivity index (χ0v) is 17.0. The molecule has 0 aromatic heterocycles. The molecule has 0 atom stereocenters. The van der Waals surface area contributed by atoms with Crippen LogP contribution in [-0.2, 0) is 19.5 Å². The van der Waals surface area contributed by atoms with E-state index in [-0.39, 0.29) is 67.4 Å². The van der Waals surface area contributed by atoms with Crippen LogP contribution in [0.25, 0.3) is 0 Å². The molecule has 10 heteroatoms. The summed E-state index contributed by atoms with van der Waals surface area (Å²) in [5.41, 5.74) is 0. The van der Waals surface area contributed by atoms with Gasteiger partial charge >= 0.3 is 0 Å². The molecule has 2 aliphatic rings. The van der Waals surface area contributed by atoms with Gasteiger partial charge < -0.3 is 82.6 Å². The smallest absolute Gasteiger partial charge is 0.0927 e. The monoisotopic (exact) mass is 597 g/mol. The van der Waals surface area contributed by atoms with Gasteiger partial charge in [-0.1, -0.05) is 0 Å². The van der Waals surface area contributed by atoms with Crippen LogP contribution >= 0.6 is 0 Å². The Bertz CT molecular complexity index is 306. The molecule has 1 radical (unpaired) electrons. The SMILES string of the molecule is CN1C=CN(CN2C=CN(C)C2)C1.O=C([O-])[O-].[I-].[I-].[Rh]. The van der Waals surface area contributed by atoms with Crippen LogP contribution in [0.5, 0.6) is 0 Å². The maximum atomic E-state index is 8.33. The minimum atomic E-state index is -2.33. The summed E-state index contributed by atoms with van der Waals surface area (Å²) in [6.45, 7) is 2.96. The van der Waals surface area contributed by atoms with Crippen molar-refractivity contribution >= 4 is 6.16 Å². The minimum Gasteiger partial charge on any atom is -1.00 e. The topological polar surface area (TPSA) is 76.2 Å². The first kappa shape index (κ1) is 25.0. The number of carbonyl (C=O) groups is 1. The first-order chi connectivity index (χ1) is 7.97. The van der Waals surface area contributed by atoms with Crippen molar-refractivity contribution in [3.63, 3.8) is 0 Å². The summed E-state index contributed by atoms with van der Waals surface area (Å²) in [5, 5.41) is 16.7. The van der Waals surface area contributed by atoms with Crippen LogP contribution in [0.4, 0.5) is 4.79 Å². The Balaban J connectivity index is -0.000000372. The summed E-state index contributed by atoms with van der Waals surface area (Å²) in [5.74, 6) is 0. The van der Waals surface area contributed by atoms with Crippen LogP contribution in [-0.4, -0.2) is 59.9 Å². The van der Waals surface area contributed by atoms with Gasteiger partial charge in [-0.15, -0.1) is 0 Å². The fraction of sp³-hybridized carbons (Fsp3) is 0.500. The first-order valence-electron chi connectivity index (χ1n) is 5.10. The van der Waals surface area contributed by atoms with Crippen LogP contribution in [0.2, 0.25) is 0 Å². The number of carboxylic acid groups (broad SMARTS) is 2. The van der Waals surface area contributed by atoms with Gasteiger partial charge in [-0.2, -0.15) is 0 Å². The van der Waals surface area contributed by atoms with Gasteiger partial charge in [0.1, 0.15) is 0 Å². The molecule has 0 saturated carbocycles. The predicted molar refractivity (Wildman–Crippen MR) is 57.5 cm³/mol. The van der Waals surface area contributed by atoms with E-state index in [0.29, 0.717) is 0 Å². The van der Waals surface area contributed by atoms with Crippen LogP contribution in [0, 0.1) is 0 Å². The van der Waals surface area contributed by atoms with Gasteiger partial charge in [0.25, 0.3) is 0 Å². The van der Waals surface area contributed by atoms with E-state index in [9.17, 15) is 0 Å². The van der Waals surface area contributed by atoms with E-state index in [4.69, 9.17) is 15.0 Å². The third-order valence-corrected chi connectivity index (χ3v) is 2.24. The largest absolute Gasteiger partial charge is 1.00 e. The second kappa shape index (κ2) is 12.7. The van der Waals surface area contributed by atoms with E-state index >= 15 is 0 Å². The van der Waals surface area contributed by atoms with Crippen LogP contribution in [0.15, 0.2) is 24.8 Å². The van der Waals surface area contributed by atoms with Crippen LogP contribution in [0.3, 0.4) is 0 Å². The summed E-state index contributed by atoms with van der Waals surface area (Å²) in [6, 6.07) is 0. The Morgan fingerprint density at radius 2 is 1.25 bits per heavy atom. The maximum absolute atomic E-state index is 8.33. The summed E-state index contributed by atoms with van der Waals surface area (Å²) in [7, 11) is 4.17. The van der Waals surface area contributed by atoms with Crippen molar-refractivity contribution in [3.8, 4) is 0 Å². The van der Waals surface area contributed by atoms with E-state index in [1.54, 1.807) is 0 Å². The molecule has 7 nitrogen and oxygen atoms in total. The average molecular weight is 597 g/mol. The van der Waals surface area contributed by atoms with Gasteiger partial charge in [-0.3, -0.25) is 0 Å². The second-order valence-electron chi connectivity index (χ2n) is 3.96. The molecule has 2 rings (SSSR count). The molecule has 0 spiro atoms. The molecule has 0 amide bonds. The summed E-state index contributed by atoms with van der Waals surface area (Å²) in [6.07, 6.45) is 6.13. The zero-order valence-electron chi connectivity index (χ0n) is 11.0. The standard InChI is InChI=1S/C9H16N4.CH2O3.2HI.Rh/c1-10-3-5-12(7-10)9-13-6-4-11(2)8-13;2-1(3)4;;;/h3-6H,7-9H2,1-2H3;(H2,2,3,4);2*1H;/p-4. The summed E-state index contributed by atoms with van der Waals surface area (Å²) in [4.78, 5) is 17.2. The molecule has 0 fully saturated rings. The van der Waals surface area contributed by atoms with Crippen molar-refractivity contribution in [2.24, 2.45) is 0 Å². The molecule has 0 unspecified atom stereocenters. The van der Waals surface area contributed by atoms with Crippen molar-refractivity contribution < 1.29 is 82.4 Å². The number of hydrogen-bond acceptors (Lipinski definition) is 7. The predicted octanol–water partition coefficient (Wildman–Crippen LogP) is -8.15. The molecule has 0 aliphatic carbocycles. The maximum Gasteiger partial charge on any atom is 0.0927 e. The number of rotatable bonds is 2. The number of halogens is 2. The number of nitrogens with zero attached hydrogens (tertiary/aromatic N) is 4. The van der Waals surface area contributed by atoms with Crippen LogP contribution in [0.1, 0.15) is 0 Å². The molecule has 0 bridgehead atoms. The van der Waals surface area contributed by atoms with Crippen molar-refractivity contribution in [3.05, 3.63) is 24.8 Å². The Labute approximate surface area is 166 Å². The molecular formula is C10H16I2N4O3Rh-4. The molecular weight excluding hydrogens is 581 g/mol. The quantitative estimate of drug-likeness (QED) is 0.232. The van der Waals surface area contributed by atoms with E-state index < -0.39 is 6.16 Å². The minimum absolute atomic E-state index is 0. The van der Waals surface area contributed by atoms with Crippen molar-refractivity contribution in [2.45, 2.75) is 0 Å².